The minimum atomic E-state index is -0.286. The van der Waals surface area contributed by atoms with Crippen LogP contribution < -0.4 is 10.1 Å². The van der Waals surface area contributed by atoms with Gasteiger partial charge in [0.25, 0.3) is 0 Å². The summed E-state index contributed by atoms with van der Waals surface area (Å²) in [7, 11) is 1.71. The van der Waals surface area contributed by atoms with Crippen molar-refractivity contribution in [2.24, 2.45) is 0 Å². The first-order valence-corrected chi connectivity index (χ1v) is 6.98. The molecule has 1 atom stereocenters. The molecule has 3 nitrogen and oxygen atoms in total. The zero-order chi connectivity index (χ0) is 14.5. The highest BCUT2D eigenvalue weighted by Gasteiger charge is 2.32. The van der Waals surface area contributed by atoms with Crippen molar-refractivity contribution < 1.29 is 9.47 Å². The molecule has 3 heteroatoms. The number of ether oxygens (including phenoxy) is 2. The normalized spacial score (nSPS) is 13.4. The number of methoxy groups -OCH3 is 1. The number of hydrogen-bond donors (Lipinski definition) is 1. The van der Waals surface area contributed by atoms with Crippen molar-refractivity contribution in [3.63, 3.8) is 0 Å². The third-order valence-electron chi connectivity index (χ3n) is 3.32. The van der Waals surface area contributed by atoms with Crippen molar-refractivity contribution in [1.29, 1.82) is 0 Å². The molecule has 1 aromatic rings. The molecule has 0 saturated carbocycles. The van der Waals surface area contributed by atoms with Crippen LogP contribution in [-0.4, -0.2) is 25.9 Å². The molecule has 0 saturated heterocycles. The summed E-state index contributed by atoms with van der Waals surface area (Å²) >= 11 is 0. The van der Waals surface area contributed by atoms with Gasteiger partial charge < -0.3 is 14.8 Å². The lowest BCUT2D eigenvalue weighted by Gasteiger charge is -2.36. The molecule has 1 unspecified atom stereocenters. The highest BCUT2D eigenvalue weighted by atomic mass is 16.5. The van der Waals surface area contributed by atoms with Crippen LogP contribution in [0.3, 0.4) is 0 Å². The van der Waals surface area contributed by atoms with Gasteiger partial charge in [0.1, 0.15) is 5.75 Å². The monoisotopic (exact) mass is 265 g/mol. The van der Waals surface area contributed by atoms with E-state index in [2.05, 4.69) is 45.1 Å². The Kier molecular flexibility index (Phi) is 5.83. The number of nitrogens with one attached hydrogen (secondary N) is 1. The predicted molar refractivity (Wildman–Crippen MR) is 79.9 cm³/mol. The highest BCUT2D eigenvalue weighted by molar-refractivity contribution is 5.40. The van der Waals surface area contributed by atoms with Crippen molar-refractivity contribution in [3.05, 3.63) is 29.3 Å². The van der Waals surface area contributed by atoms with Crippen molar-refractivity contribution in [2.45, 2.75) is 46.3 Å². The van der Waals surface area contributed by atoms with Crippen molar-refractivity contribution in [3.8, 4) is 5.75 Å². The van der Waals surface area contributed by atoms with E-state index >= 15 is 0 Å². The Morgan fingerprint density at radius 3 is 2.47 bits per heavy atom. The Hall–Kier alpha value is -1.06. The summed E-state index contributed by atoms with van der Waals surface area (Å²) in [6.45, 7) is 12.0. The van der Waals surface area contributed by atoms with Gasteiger partial charge in [0.2, 0.25) is 0 Å². The largest absolute Gasteiger partial charge is 0.496 e. The maximum absolute atomic E-state index is 5.92. The number of aryl methyl sites for hydroxylation is 1. The number of rotatable bonds is 7. The minimum absolute atomic E-state index is 0.104. The molecule has 19 heavy (non-hydrogen) atoms. The minimum Gasteiger partial charge on any atom is -0.496 e. The molecule has 0 radical (unpaired) electrons. The molecule has 0 spiro atoms. The van der Waals surface area contributed by atoms with E-state index in [0.717, 1.165) is 17.9 Å². The second-order valence-electron chi connectivity index (χ2n) is 5.27. The molecule has 0 amide bonds. The second-order valence-corrected chi connectivity index (χ2v) is 5.27. The van der Waals surface area contributed by atoms with Gasteiger partial charge in [0, 0.05) is 12.2 Å². The Morgan fingerprint density at radius 2 is 1.95 bits per heavy atom. The molecule has 0 aliphatic heterocycles. The smallest absolute Gasteiger partial charge is 0.123 e. The fourth-order valence-corrected chi connectivity index (χ4v) is 2.47. The van der Waals surface area contributed by atoms with Gasteiger partial charge in [-0.05, 0) is 40.3 Å². The van der Waals surface area contributed by atoms with Gasteiger partial charge in [-0.1, -0.05) is 24.6 Å². The van der Waals surface area contributed by atoms with Gasteiger partial charge in [0.15, 0.2) is 0 Å². The molecule has 1 aromatic carbocycles. The van der Waals surface area contributed by atoms with Crippen LogP contribution in [0.25, 0.3) is 0 Å². The molecule has 0 fully saturated rings. The molecule has 0 bridgehead atoms. The van der Waals surface area contributed by atoms with Gasteiger partial charge in [-0.15, -0.1) is 0 Å². The predicted octanol–water partition coefficient (Wildman–Crippen LogP) is 3.47. The molecule has 0 aliphatic rings. The average Bonchev–Trinajstić information content (AvgIpc) is 2.35. The zero-order valence-corrected chi connectivity index (χ0v) is 13.0. The number of benzene rings is 1. The molecule has 0 aliphatic carbocycles. The Morgan fingerprint density at radius 1 is 1.26 bits per heavy atom. The first-order chi connectivity index (χ1) is 8.96. The summed E-state index contributed by atoms with van der Waals surface area (Å²) in [5.74, 6) is 0.907. The van der Waals surface area contributed by atoms with Gasteiger partial charge in [-0.2, -0.15) is 0 Å². The van der Waals surface area contributed by atoms with E-state index in [1.165, 1.54) is 5.56 Å². The quantitative estimate of drug-likeness (QED) is 0.819. The van der Waals surface area contributed by atoms with Gasteiger partial charge >= 0.3 is 0 Å². The zero-order valence-electron chi connectivity index (χ0n) is 13.0. The van der Waals surface area contributed by atoms with Crippen LogP contribution in [0.4, 0.5) is 0 Å². The van der Waals surface area contributed by atoms with Crippen LogP contribution in [0.15, 0.2) is 18.2 Å². The molecule has 0 aromatic heterocycles. The highest BCUT2D eigenvalue weighted by Crippen LogP contribution is 2.35. The summed E-state index contributed by atoms with van der Waals surface area (Å²) in [5, 5.41) is 3.52. The van der Waals surface area contributed by atoms with Gasteiger partial charge in [0.05, 0.1) is 18.8 Å². The topological polar surface area (TPSA) is 30.5 Å². The van der Waals surface area contributed by atoms with Crippen LogP contribution in [0.5, 0.6) is 5.75 Å². The summed E-state index contributed by atoms with van der Waals surface area (Å²) in [4.78, 5) is 0. The van der Waals surface area contributed by atoms with Gasteiger partial charge in [-0.3, -0.25) is 0 Å². The van der Waals surface area contributed by atoms with Crippen LogP contribution in [0.1, 0.15) is 44.9 Å². The van der Waals surface area contributed by atoms with E-state index in [-0.39, 0.29) is 11.6 Å². The van der Waals surface area contributed by atoms with Crippen LogP contribution in [0, 0.1) is 6.92 Å². The molecular weight excluding hydrogens is 238 g/mol. The lowest BCUT2D eigenvalue weighted by molar-refractivity contribution is -0.0393. The maximum Gasteiger partial charge on any atom is 0.123 e. The lowest BCUT2D eigenvalue weighted by atomic mass is 9.90. The fourth-order valence-electron chi connectivity index (χ4n) is 2.47. The van der Waals surface area contributed by atoms with E-state index in [9.17, 15) is 0 Å². The van der Waals surface area contributed by atoms with Crippen molar-refractivity contribution in [1.82, 2.24) is 5.32 Å². The van der Waals surface area contributed by atoms with E-state index in [1.54, 1.807) is 7.11 Å². The van der Waals surface area contributed by atoms with E-state index in [4.69, 9.17) is 9.47 Å². The Labute approximate surface area is 117 Å². The van der Waals surface area contributed by atoms with E-state index in [1.807, 2.05) is 13.0 Å². The third-order valence-corrected chi connectivity index (χ3v) is 3.32. The Balaban J connectivity index is 3.21. The average molecular weight is 265 g/mol. The molecule has 108 valence electrons. The standard InChI is InChI=1S/C16H27NO2/c1-7-17-15(16(4,5)19-8-2)13-11-12(3)9-10-14(13)18-6/h9-11,15,17H,7-8H2,1-6H3. The Bertz CT molecular complexity index is 402. The van der Waals surface area contributed by atoms with Crippen molar-refractivity contribution >= 4 is 0 Å². The third kappa shape index (κ3) is 3.95. The molecular formula is C16H27NO2. The van der Waals surface area contributed by atoms with E-state index < -0.39 is 0 Å². The summed E-state index contributed by atoms with van der Waals surface area (Å²) in [5.41, 5.74) is 2.10. The van der Waals surface area contributed by atoms with Crippen LogP contribution in [0.2, 0.25) is 0 Å². The maximum atomic E-state index is 5.92. The first kappa shape index (κ1) is 16.0. The van der Waals surface area contributed by atoms with Crippen LogP contribution >= 0.6 is 0 Å². The molecule has 0 heterocycles. The molecule has 1 N–H and O–H groups in total. The SMILES string of the molecule is CCNC(c1cc(C)ccc1OC)C(C)(C)OCC. The van der Waals surface area contributed by atoms with Gasteiger partial charge in [-0.25, -0.2) is 0 Å². The van der Waals surface area contributed by atoms with Crippen molar-refractivity contribution in [2.75, 3.05) is 20.3 Å². The van der Waals surface area contributed by atoms with E-state index in [0.29, 0.717) is 6.61 Å². The fraction of sp³-hybridized carbons (Fsp3) is 0.625. The van der Waals surface area contributed by atoms with Crippen LogP contribution in [-0.2, 0) is 4.74 Å². The molecule has 1 rings (SSSR count). The lowest BCUT2D eigenvalue weighted by Crippen LogP contribution is -2.41. The number of likely N-dealkylation sites (N-methyl/N-ethyl adjacent to an activating group) is 1. The second kappa shape index (κ2) is 6.92. The summed E-state index contributed by atoms with van der Waals surface area (Å²) in [6.07, 6.45) is 0. The number of hydrogen-bond acceptors (Lipinski definition) is 3. The summed E-state index contributed by atoms with van der Waals surface area (Å²) < 4.78 is 11.4. The summed E-state index contributed by atoms with van der Waals surface area (Å²) in [6, 6.07) is 6.37. The first-order valence-electron chi connectivity index (χ1n) is 6.98.